The highest BCUT2D eigenvalue weighted by atomic mass is 32.2. The Hall–Kier alpha value is -1.14. The van der Waals surface area contributed by atoms with Crippen LogP contribution in [0.2, 0.25) is 0 Å². The standard InChI is InChI=1S/C11H17N3O2S/c1-11(12,10(15)16-2)5-3-7-17-9-4-6-13-8-14-9/h4,6,8H,3,5,7,12H2,1-2H3. The number of thioether (sulfide) groups is 1. The second-order valence-electron chi connectivity index (χ2n) is 3.91. The average Bonchev–Trinajstić information content (AvgIpc) is 2.35. The zero-order chi connectivity index (χ0) is 12.7. The van der Waals surface area contributed by atoms with E-state index in [0.717, 1.165) is 17.2 Å². The lowest BCUT2D eigenvalue weighted by Crippen LogP contribution is -2.45. The summed E-state index contributed by atoms with van der Waals surface area (Å²) in [4.78, 5) is 19.3. The van der Waals surface area contributed by atoms with Gasteiger partial charge in [0.2, 0.25) is 0 Å². The van der Waals surface area contributed by atoms with Gasteiger partial charge in [0.1, 0.15) is 11.9 Å². The van der Waals surface area contributed by atoms with Gasteiger partial charge in [0.25, 0.3) is 0 Å². The first-order valence-electron chi connectivity index (χ1n) is 5.32. The van der Waals surface area contributed by atoms with Gasteiger partial charge >= 0.3 is 5.97 Å². The van der Waals surface area contributed by atoms with Gasteiger partial charge in [0, 0.05) is 6.20 Å². The molecule has 0 spiro atoms. The van der Waals surface area contributed by atoms with Crippen molar-refractivity contribution < 1.29 is 9.53 Å². The fourth-order valence-corrected chi connectivity index (χ4v) is 2.09. The maximum atomic E-state index is 11.3. The topological polar surface area (TPSA) is 78.1 Å². The summed E-state index contributed by atoms with van der Waals surface area (Å²) in [6, 6.07) is 1.85. The molecule has 0 aliphatic heterocycles. The van der Waals surface area contributed by atoms with Crippen LogP contribution >= 0.6 is 11.8 Å². The molecule has 1 atom stereocenters. The van der Waals surface area contributed by atoms with E-state index >= 15 is 0 Å². The van der Waals surface area contributed by atoms with Gasteiger partial charge in [-0.05, 0) is 31.6 Å². The van der Waals surface area contributed by atoms with Crippen molar-refractivity contribution in [2.24, 2.45) is 5.73 Å². The second-order valence-corrected chi connectivity index (χ2v) is 5.02. The molecule has 5 nitrogen and oxygen atoms in total. The SMILES string of the molecule is COC(=O)C(C)(N)CCCSc1ccncn1. The van der Waals surface area contributed by atoms with Gasteiger partial charge in [-0.1, -0.05) is 0 Å². The van der Waals surface area contributed by atoms with Crippen LogP contribution in [0.5, 0.6) is 0 Å². The van der Waals surface area contributed by atoms with Crippen LogP contribution in [0.4, 0.5) is 0 Å². The first-order chi connectivity index (χ1) is 8.06. The molecule has 0 aliphatic rings. The molecule has 0 saturated heterocycles. The minimum Gasteiger partial charge on any atom is -0.468 e. The number of hydrogen-bond acceptors (Lipinski definition) is 6. The third kappa shape index (κ3) is 4.70. The molecule has 0 saturated carbocycles. The van der Waals surface area contributed by atoms with E-state index in [-0.39, 0.29) is 5.97 Å². The molecule has 94 valence electrons. The molecule has 17 heavy (non-hydrogen) atoms. The van der Waals surface area contributed by atoms with E-state index in [9.17, 15) is 4.79 Å². The molecule has 6 heteroatoms. The highest BCUT2D eigenvalue weighted by molar-refractivity contribution is 7.99. The lowest BCUT2D eigenvalue weighted by molar-refractivity contribution is -0.146. The van der Waals surface area contributed by atoms with E-state index < -0.39 is 5.54 Å². The van der Waals surface area contributed by atoms with Gasteiger partial charge < -0.3 is 10.5 Å². The average molecular weight is 255 g/mol. The lowest BCUT2D eigenvalue weighted by Gasteiger charge is -2.20. The number of ether oxygens (including phenoxy) is 1. The van der Waals surface area contributed by atoms with E-state index in [1.165, 1.54) is 13.4 Å². The molecular formula is C11H17N3O2S. The van der Waals surface area contributed by atoms with Crippen molar-refractivity contribution in [3.63, 3.8) is 0 Å². The summed E-state index contributed by atoms with van der Waals surface area (Å²) in [7, 11) is 1.35. The molecule has 0 fully saturated rings. The maximum Gasteiger partial charge on any atom is 0.325 e. The van der Waals surface area contributed by atoms with E-state index in [2.05, 4.69) is 14.7 Å². The Kier molecular flexibility index (Phi) is 5.37. The van der Waals surface area contributed by atoms with Gasteiger partial charge in [-0.3, -0.25) is 4.79 Å². The summed E-state index contributed by atoms with van der Waals surface area (Å²) < 4.78 is 4.64. The van der Waals surface area contributed by atoms with Crippen molar-refractivity contribution in [2.75, 3.05) is 12.9 Å². The molecule has 1 heterocycles. The monoisotopic (exact) mass is 255 g/mol. The molecule has 0 aromatic carbocycles. The van der Waals surface area contributed by atoms with Crippen molar-refractivity contribution in [1.82, 2.24) is 9.97 Å². The van der Waals surface area contributed by atoms with Crippen LogP contribution in [0.15, 0.2) is 23.6 Å². The predicted molar refractivity (Wildman–Crippen MR) is 66.6 cm³/mol. The predicted octanol–water partition coefficient (Wildman–Crippen LogP) is 1.24. The minimum absolute atomic E-state index is 0.371. The fraction of sp³-hybridized carbons (Fsp3) is 0.545. The smallest absolute Gasteiger partial charge is 0.325 e. The third-order valence-corrected chi connectivity index (χ3v) is 3.33. The van der Waals surface area contributed by atoms with E-state index in [0.29, 0.717) is 6.42 Å². The van der Waals surface area contributed by atoms with Crippen molar-refractivity contribution >= 4 is 17.7 Å². The summed E-state index contributed by atoms with van der Waals surface area (Å²) in [5, 5.41) is 0.928. The first kappa shape index (κ1) is 13.9. The highest BCUT2D eigenvalue weighted by Crippen LogP contribution is 2.18. The van der Waals surface area contributed by atoms with E-state index in [1.54, 1.807) is 24.9 Å². The molecule has 0 bridgehead atoms. The summed E-state index contributed by atoms with van der Waals surface area (Å²) in [5.41, 5.74) is 4.94. The zero-order valence-corrected chi connectivity index (χ0v) is 10.9. The quantitative estimate of drug-likeness (QED) is 0.356. The Morgan fingerprint density at radius 1 is 1.65 bits per heavy atom. The molecule has 0 radical (unpaired) electrons. The number of nitrogens with two attached hydrogens (primary N) is 1. The Morgan fingerprint density at radius 2 is 2.41 bits per heavy atom. The van der Waals surface area contributed by atoms with Crippen LogP contribution in [0.1, 0.15) is 19.8 Å². The summed E-state index contributed by atoms with van der Waals surface area (Å²) >= 11 is 1.62. The summed E-state index contributed by atoms with van der Waals surface area (Å²) in [6.45, 7) is 1.69. The normalized spacial score (nSPS) is 14.1. The molecule has 0 amide bonds. The second kappa shape index (κ2) is 6.56. The van der Waals surface area contributed by atoms with E-state index in [4.69, 9.17) is 5.73 Å². The zero-order valence-electron chi connectivity index (χ0n) is 10.0. The number of carbonyl (C=O) groups is 1. The van der Waals surface area contributed by atoms with Crippen LogP contribution in [0, 0.1) is 0 Å². The Bertz CT molecular complexity index is 357. The number of carbonyl (C=O) groups excluding carboxylic acids is 1. The third-order valence-electron chi connectivity index (χ3n) is 2.30. The van der Waals surface area contributed by atoms with Crippen molar-refractivity contribution in [1.29, 1.82) is 0 Å². The van der Waals surface area contributed by atoms with Crippen LogP contribution in [0.3, 0.4) is 0 Å². The van der Waals surface area contributed by atoms with Crippen molar-refractivity contribution in [2.45, 2.75) is 30.3 Å². The van der Waals surface area contributed by atoms with Gasteiger partial charge in [0.05, 0.1) is 12.1 Å². The van der Waals surface area contributed by atoms with Crippen molar-refractivity contribution in [3.05, 3.63) is 18.6 Å². The number of nitrogens with zero attached hydrogens (tertiary/aromatic N) is 2. The molecule has 1 aromatic rings. The first-order valence-corrected chi connectivity index (χ1v) is 6.31. The minimum atomic E-state index is -0.902. The number of hydrogen-bond donors (Lipinski definition) is 1. The van der Waals surface area contributed by atoms with Gasteiger partial charge in [0.15, 0.2) is 0 Å². The van der Waals surface area contributed by atoms with Gasteiger partial charge in [-0.25, -0.2) is 9.97 Å². The molecule has 2 N–H and O–H groups in total. The van der Waals surface area contributed by atoms with Crippen LogP contribution in [-0.2, 0) is 9.53 Å². The largest absolute Gasteiger partial charge is 0.468 e. The Labute approximate surface area is 105 Å². The van der Waals surface area contributed by atoms with Crippen LogP contribution in [0.25, 0.3) is 0 Å². The number of methoxy groups -OCH3 is 1. The van der Waals surface area contributed by atoms with Crippen LogP contribution < -0.4 is 5.73 Å². The number of esters is 1. The number of aromatic nitrogens is 2. The van der Waals surface area contributed by atoms with Gasteiger partial charge in [-0.2, -0.15) is 0 Å². The molecule has 1 aromatic heterocycles. The Balaban J connectivity index is 2.27. The molecule has 0 aliphatic carbocycles. The highest BCUT2D eigenvalue weighted by Gasteiger charge is 2.28. The lowest BCUT2D eigenvalue weighted by atomic mass is 9.98. The summed E-state index contributed by atoms with van der Waals surface area (Å²) in [6.07, 6.45) is 4.65. The number of rotatable bonds is 6. The summed E-state index contributed by atoms with van der Waals surface area (Å²) in [5.74, 6) is 0.491. The molecule has 1 rings (SSSR count). The Morgan fingerprint density at radius 3 is 3.00 bits per heavy atom. The fourth-order valence-electron chi connectivity index (χ4n) is 1.32. The van der Waals surface area contributed by atoms with Gasteiger partial charge in [-0.15, -0.1) is 11.8 Å². The molecular weight excluding hydrogens is 238 g/mol. The molecule has 1 unspecified atom stereocenters. The van der Waals surface area contributed by atoms with Crippen LogP contribution in [-0.4, -0.2) is 34.3 Å². The van der Waals surface area contributed by atoms with Crippen molar-refractivity contribution in [3.8, 4) is 0 Å². The maximum absolute atomic E-state index is 11.3. The van der Waals surface area contributed by atoms with E-state index in [1.807, 2.05) is 6.07 Å².